The van der Waals surface area contributed by atoms with E-state index in [-0.39, 0.29) is 30.0 Å². The van der Waals surface area contributed by atoms with Crippen molar-refractivity contribution >= 4 is 11.9 Å². The minimum atomic E-state index is -0.786. The van der Waals surface area contributed by atoms with Crippen molar-refractivity contribution in [2.24, 2.45) is 0 Å². The molecule has 0 fully saturated rings. The lowest BCUT2D eigenvalue weighted by molar-refractivity contribution is -0.143. The van der Waals surface area contributed by atoms with E-state index in [1.54, 1.807) is 0 Å². The van der Waals surface area contributed by atoms with Crippen LogP contribution in [0.2, 0.25) is 0 Å². The quantitative estimate of drug-likeness (QED) is 0.761. The number of aromatic nitrogens is 1. The molecule has 2 heterocycles. The van der Waals surface area contributed by atoms with Crippen molar-refractivity contribution in [2.45, 2.75) is 32.6 Å². The van der Waals surface area contributed by atoms with Gasteiger partial charge >= 0.3 is 11.9 Å². The smallest absolute Gasteiger partial charge is 0.313 e. The molecule has 0 atom stereocenters. The Morgan fingerprint density at radius 3 is 2.42 bits per heavy atom. The van der Waals surface area contributed by atoms with Crippen LogP contribution in [0.3, 0.4) is 0 Å². The Hall–Kier alpha value is -2.31. The number of pyridine rings is 1. The van der Waals surface area contributed by atoms with Crippen molar-refractivity contribution in [3.63, 3.8) is 0 Å². The summed E-state index contributed by atoms with van der Waals surface area (Å²) in [5.74, 6) is -2.09. The third-order valence-electron chi connectivity index (χ3n) is 2.67. The summed E-state index contributed by atoms with van der Waals surface area (Å²) in [4.78, 5) is 36.6. The van der Waals surface area contributed by atoms with Crippen LogP contribution in [0.25, 0.3) is 0 Å². The maximum absolute atomic E-state index is 11.5. The molecule has 0 saturated heterocycles. The van der Waals surface area contributed by atoms with Crippen LogP contribution in [-0.4, -0.2) is 22.0 Å². The SMILES string of the molecule is CCCc1c2c([nH]c(=O)c1O)OC(=O)CCC(=O)O2. The highest BCUT2D eigenvalue weighted by Gasteiger charge is 2.26. The Morgan fingerprint density at radius 1 is 1.16 bits per heavy atom. The number of rotatable bonds is 2. The number of nitrogens with one attached hydrogen (secondary N) is 1. The number of aromatic amines is 1. The van der Waals surface area contributed by atoms with Crippen LogP contribution in [0.1, 0.15) is 31.7 Å². The monoisotopic (exact) mass is 267 g/mol. The minimum Gasteiger partial charge on any atom is -0.503 e. The van der Waals surface area contributed by atoms with Crippen LogP contribution < -0.4 is 15.0 Å². The van der Waals surface area contributed by atoms with Crippen LogP contribution in [-0.2, 0) is 16.0 Å². The first-order valence-corrected chi connectivity index (χ1v) is 5.92. The molecule has 102 valence electrons. The number of aromatic hydroxyl groups is 1. The Kier molecular flexibility index (Phi) is 3.55. The number of carbonyl (C=O) groups excluding carboxylic acids is 2. The molecule has 1 aromatic rings. The first-order valence-electron chi connectivity index (χ1n) is 5.92. The largest absolute Gasteiger partial charge is 0.503 e. The molecular formula is C12H13NO6. The van der Waals surface area contributed by atoms with Gasteiger partial charge in [-0.3, -0.25) is 19.4 Å². The van der Waals surface area contributed by atoms with Gasteiger partial charge in [-0.05, 0) is 6.42 Å². The van der Waals surface area contributed by atoms with E-state index in [4.69, 9.17) is 9.47 Å². The third-order valence-corrected chi connectivity index (χ3v) is 2.67. The molecule has 19 heavy (non-hydrogen) atoms. The average molecular weight is 267 g/mol. The number of esters is 2. The van der Waals surface area contributed by atoms with Gasteiger partial charge < -0.3 is 14.6 Å². The van der Waals surface area contributed by atoms with Gasteiger partial charge in [0, 0.05) is 5.56 Å². The summed E-state index contributed by atoms with van der Waals surface area (Å²) in [5, 5.41) is 9.72. The zero-order valence-corrected chi connectivity index (χ0v) is 10.3. The summed E-state index contributed by atoms with van der Waals surface area (Å²) in [6.07, 6.45) is 0.714. The second kappa shape index (κ2) is 5.13. The van der Waals surface area contributed by atoms with Crippen LogP contribution >= 0.6 is 0 Å². The molecule has 1 aliphatic heterocycles. The molecule has 7 heteroatoms. The molecule has 0 saturated carbocycles. The highest BCUT2D eigenvalue weighted by Crippen LogP contribution is 2.35. The molecule has 0 bridgehead atoms. The van der Waals surface area contributed by atoms with E-state index in [2.05, 4.69) is 4.98 Å². The lowest BCUT2D eigenvalue weighted by Gasteiger charge is -2.16. The molecular weight excluding hydrogens is 254 g/mol. The number of carbonyl (C=O) groups is 2. The summed E-state index contributed by atoms with van der Waals surface area (Å²) in [7, 11) is 0. The van der Waals surface area contributed by atoms with Gasteiger partial charge in [0.25, 0.3) is 5.56 Å². The van der Waals surface area contributed by atoms with E-state index < -0.39 is 23.2 Å². The Morgan fingerprint density at radius 2 is 1.79 bits per heavy atom. The van der Waals surface area contributed by atoms with E-state index in [0.717, 1.165) is 0 Å². The van der Waals surface area contributed by atoms with E-state index in [0.29, 0.717) is 12.8 Å². The van der Waals surface area contributed by atoms with E-state index in [1.807, 2.05) is 6.92 Å². The maximum atomic E-state index is 11.5. The highest BCUT2D eigenvalue weighted by molar-refractivity contribution is 5.83. The Balaban J connectivity index is 2.61. The van der Waals surface area contributed by atoms with Gasteiger partial charge in [0.1, 0.15) is 0 Å². The number of hydrogen-bond donors (Lipinski definition) is 2. The molecule has 0 aliphatic carbocycles. The maximum Gasteiger partial charge on any atom is 0.313 e. The number of hydrogen-bond acceptors (Lipinski definition) is 6. The first kappa shape index (κ1) is 13.1. The van der Waals surface area contributed by atoms with Crippen LogP contribution in [0, 0.1) is 0 Å². The standard InChI is InChI=1S/C12H13NO6/c1-2-3-6-9(16)11(17)13-12-10(6)18-7(14)4-5-8(15)19-12/h16H,2-5H2,1H3,(H,13,17). The molecule has 1 aliphatic rings. The molecule has 0 unspecified atom stereocenters. The fourth-order valence-corrected chi connectivity index (χ4v) is 1.80. The predicted octanol–water partition coefficient (Wildman–Crippen LogP) is 0.638. The van der Waals surface area contributed by atoms with Gasteiger partial charge in [0.15, 0.2) is 11.5 Å². The molecule has 2 N–H and O–H groups in total. The second-order valence-electron chi connectivity index (χ2n) is 4.14. The number of H-pyrrole nitrogens is 1. The summed E-state index contributed by atoms with van der Waals surface area (Å²) in [5.41, 5.74) is -0.615. The van der Waals surface area contributed by atoms with Crippen LogP contribution in [0.4, 0.5) is 0 Å². The summed E-state index contributed by atoms with van der Waals surface area (Å²) in [6.45, 7) is 1.84. The van der Waals surface area contributed by atoms with Crippen molar-refractivity contribution in [3.05, 3.63) is 15.9 Å². The molecule has 0 radical (unpaired) electrons. The topological polar surface area (TPSA) is 106 Å². The van der Waals surface area contributed by atoms with Gasteiger partial charge in [0.2, 0.25) is 5.88 Å². The van der Waals surface area contributed by atoms with Crippen molar-refractivity contribution in [1.29, 1.82) is 0 Å². The number of ether oxygens (including phenoxy) is 2. The van der Waals surface area contributed by atoms with Crippen molar-refractivity contribution < 1.29 is 24.2 Å². The van der Waals surface area contributed by atoms with Crippen LogP contribution in [0.15, 0.2) is 4.79 Å². The van der Waals surface area contributed by atoms with Gasteiger partial charge in [0.05, 0.1) is 12.8 Å². The fraction of sp³-hybridized carbons (Fsp3) is 0.417. The van der Waals surface area contributed by atoms with Gasteiger partial charge in [-0.1, -0.05) is 13.3 Å². The molecule has 7 nitrogen and oxygen atoms in total. The zero-order valence-electron chi connectivity index (χ0n) is 10.3. The zero-order chi connectivity index (χ0) is 14.0. The molecule has 0 spiro atoms. The van der Waals surface area contributed by atoms with Gasteiger partial charge in [-0.2, -0.15) is 0 Å². The Bertz CT molecular complexity index is 589. The molecule has 2 rings (SSSR count). The predicted molar refractivity (Wildman–Crippen MR) is 63.2 cm³/mol. The molecule has 0 aromatic carbocycles. The second-order valence-corrected chi connectivity index (χ2v) is 4.14. The lowest BCUT2D eigenvalue weighted by Crippen LogP contribution is -2.22. The van der Waals surface area contributed by atoms with Crippen molar-refractivity contribution in [2.75, 3.05) is 0 Å². The minimum absolute atomic E-state index is 0.0861. The first-order chi connectivity index (χ1) is 9.02. The van der Waals surface area contributed by atoms with Gasteiger partial charge in [-0.25, -0.2) is 0 Å². The van der Waals surface area contributed by atoms with E-state index in [1.165, 1.54) is 0 Å². The van der Waals surface area contributed by atoms with Crippen molar-refractivity contribution in [1.82, 2.24) is 4.98 Å². The average Bonchev–Trinajstić information content (AvgIpc) is 2.36. The third kappa shape index (κ3) is 2.59. The Labute approximate surface area is 108 Å². The normalized spacial score (nSPS) is 15.0. The molecule has 0 amide bonds. The van der Waals surface area contributed by atoms with Crippen molar-refractivity contribution in [3.8, 4) is 17.4 Å². The summed E-state index contributed by atoms with van der Waals surface area (Å²) >= 11 is 0. The summed E-state index contributed by atoms with van der Waals surface area (Å²) < 4.78 is 9.98. The summed E-state index contributed by atoms with van der Waals surface area (Å²) in [6, 6.07) is 0. The van der Waals surface area contributed by atoms with Gasteiger partial charge in [-0.15, -0.1) is 0 Å². The lowest BCUT2D eigenvalue weighted by atomic mass is 10.1. The fourth-order valence-electron chi connectivity index (χ4n) is 1.80. The molecule has 1 aromatic heterocycles. The highest BCUT2D eigenvalue weighted by atomic mass is 16.6. The van der Waals surface area contributed by atoms with E-state index >= 15 is 0 Å². The number of fused-ring (bicyclic) bond motifs is 1. The van der Waals surface area contributed by atoms with E-state index in [9.17, 15) is 19.5 Å². The van der Waals surface area contributed by atoms with Crippen LogP contribution in [0.5, 0.6) is 17.4 Å².